The first kappa shape index (κ1) is 27.0. The summed E-state index contributed by atoms with van der Waals surface area (Å²) in [5.41, 5.74) is 0. The van der Waals surface area contributed by atoms with Crippen LogP contribution in [0.2, 0.25) is 0 Å². The number of hydrogen-bond donors (Lipinski definition) is 10. The van der Waals surface area contributed by atoms with Crippen molar-refractivity contribution < 1.29 is 74.7 Å². The molecule has 3 aliphatic heterocycles. The van der Waals surface area contributed by atoms with Crippen molar-refractivity contribution >= 4 is 0 Å². The normalized spacial score (nSPS) is 53.7. The Hall–Kier alpha value is -0.600. The van der Waals surface area contributed by atoms with Crippen molar-refractivity contribution in [1.29, 1.82) is 0 Å². The van der Waals surface area contributed by atoms with E-state index >= 15 is 0 Å². The van der Waals surface area contributed by atoms with Crippen LogP contribution in [0, 0.1) is 0 Å². The zero-order valence-corrected chi connectivity index (χ0v) is 17.6. The number of aliphatic hydroxyl groups excluding tert-OH is 10. The SMILES string of the molecule is C[C@H]1O[C@H](O[C@@H]2[C@@H](O)[C@H](O)O[C@H](CO)[C@H]2O[C@@H]2O[C@H](CO)[C@H](O)[C@H](O)[C@H]2O)[C@H](O)[C@@H](O)[C@H]1O. The molecule has 3 aliphatic rings. The van der Waals surface area contributed by atoms with E-state index in [2.05, 4.69) is 0 Å². The molecule has 0 aliphatic carbocycles. The maximum Gasteiger partial charge on any atom is 0.187 e. The highest BCUT2D eigenvalue weighted by molar-refractivity contribution is 4.96. The second-order valence-electron chi connectivity index (χ2n) is 8.32. The van der Waals surface area contributed by atoms with Crippen molar-refractivity contribution in [2.24, 2.45) is 0 Å². The van der Waals surface area contributed by atoms with E-state index in [1.54, 1.807) is 0 Å². The maximum absolute atomic E-state index is 10.5. The first-order valence-electron chi connectivity index (χ1n) is 10.4. The lowest BCUT2D eigenvalue weighted by Crippen LogP contribution is -2.66. The van der Waals surface area contributed by atoms with Gasteiger partial charge in [0.2, 0.25) is 0 Å². The molecule has 10 N–H and O–H groups in total. The summed E-state index contributed by atoms with van der Waals surface area (Å²) >= 11 is 0. The fraction of sp³-hybridized carbons (Fsp3) is 1.00. The zero-order chi connectivity index (χ0) is 24.6. The van der Waals surface area contributed by atoms with E-state index in [-0.39, 0.29) is 0 Å². The number of rotatable bonds is 6. The van der Waals surface area contributed by atoms with Crippen molar-refractivity contribution in [2.45, 2.75) is 99.0 Å². The molecule has 194 valence electrons. The van der Waals surface area contributed by atoms with Crippen LogP contribution in [-0.4, -0.2) is 156 Å². The average molecular weight is 488 g/mol. The predicted octanol–water partition coefficient (Wildman–Crippen LogP) is -6.55. The summed E-state index contributed by atoms with van der Waals surface area (Å²) in [4.78, 5) is 0. The molecule has 33 heavy (non-hydrogen) atoms. The quantitative estimate of drug-likeness (QED) is 0.167. The monoisotopic (exact) mass is 488 g/mol. The van der Waals surface area contributed by atoms with Crippen LogP contribution in [0.4, 0.5) is 0 Å². The van der Waals surface area contributed by atoms with Crippen LogP contribution in [0.25, 0.3) is 0 Å². The van der Waals surface area contributed by atoms with Gasteiger partial charge in [-0.05, 0) is 6.92 Å². The topological polar surface area (TPSA) is 248 Å². The van der Waals surface area contributed by atoms with Crippen LogP contribution in [0.3, 0.4) is 0 Å². The Bertz CT molecular complexity index is 624. The van der Waals surface area contributed by atoms with E-state index in [9.17, 15) is 51.1 Å². The highest BCUT2D eigenvalue weighted by Crippen LogP contribution is 2.32. The Morgan fingerprint density at radius 2 is 1.06 bits per heavy atom. The number of hydrogen-bond acceptors (Lipinski definition) is 15. The van der Waals surface area contributed by atoms with Gasteiger partial charge in [0, 0.05) is 0 Å². The van der Waals surface area contributed by atoms with Gasteiger partial charge in [0.25, 0.3) is 0 Å². The van der Waals surface area contributed by atoms with Crippen LogP contribution in [0.15, 0.2) is 0 Å². The van der Waals surface area contributed by atoms with Gasteiger partial charge in [0.15, 0.2) is 18.9 Å². The van der Waals surface area contributed by atoms with Gasteiger partial charge < -0.3 is 74.7 Å². The molecule has 0 radical (unpaired) electrons. The van der Waals surface area contributed by atoms with E-state index in [1.807, 2.05) is 0 Å². The molecule has 0 aromatic heterocycles. The molecule has 3 rings (SSSR count). The van der Waals surface area contributed by atoms with Crippen LogP contribution in [-0.2, 0) is 23.7 Å². The first-order valence-corrected chi connectivity index (χ1v) is 10.4. The summed E-state index contributed by atoms with van der Waals surface area (Å²) in [5.74, 6) is 0. The Kier molecular flexibility index (Phi) is 8.99. The Morgan fingerprint density at radius 1 is 0.545 bits per heavy atom. The summed E-state index contributed by atoms with van der Waals surface area (Å²) in [6.45, 7) is -0.127. The molecule has 3 fully saturated rings. The van der Waals surface area contributed by atoms with Crippen molar-refractivity contribution in [1.82, 2.24) is 0 Å². The van der Waals surface area contributed by atoms with Crippen molar-refractivity contribution in [3.8, 4) is 0 Å². The van der Waals surface area contributed by atoms with Crippen LogP contribution in [0.5, 0.6) is 0 Å². The molecular weight excluding hydrogens is 456 g/mol. The fourth-order valence-electron chi connectivity index (χ4n) is 3.99. The molecule has 15 atom stereocenters. The smallest absolute Gasteiger partial charge is 0.187 e. The minimum Gasteiger partial charge on any atom is -0.394 e. The molecule has 0 amide bonds. The molecule has 3 heterocycles. The summed E-state index contributed by atoms with van der Waals surface area (Å²) < 4.78 is 26.9. The second kappa shape index (κ2) is 11.0. The molecule has 3 saturated heterocycles. The summed E-state index contributed by atoms with van der Waals surface area (Å²) in [6.07, 6.45) is -24.0. The minimum absolute atomic E-state index is 0.739. The molecule has 0 aromatic carbocycles. The van der Waals surface area contributed by atoms with Crippen molar-refractivity contribution in [3.63, 3.8) is 0 Å². The standard InChI is InChI=1S/C18H32O15/c1-4-7(21)9(23)11(25)17(29-4)33-15-13(27)16(28)30-6(3-20)14(15)32-18-12(26)10(24)8(22)5(2-19)31-18/h4-28H,2-3H2,1H3/t4-,5-,6-,7+,8+,9+,10+,11-,12-,13-,14-,15-,16-,17-,18+/m1/s1. The molecule has 15 heteroatoms. The van der Waals surface area contributed by atoms with Gasteiger partial charge in [-0.1, -0.05) is 0 Å². The molecular formula is C18H32O15. The van der Waals surface area contributed by atoms with Crippen molar-refractivity contribution in [2.75, 3.05) is 13.2 Å². The summed E-state index contributed by atoms with van der Waals surface area (Å²) in [6, 6.07) is 0. The number of aliphatic hydroxyl groups is 10. The maximum atomic E-state index is 10.5. The van der Waals surface area contributed by atoms with Crippen LogP contribution in [0.1, 0.15) is 6.92 Å². The largest absolute Gasteiger partial charge is 0.394 e. The van der Waals surface area contributed by atoms with E-state index in [0.717, 1.165) is 0 Å². The van der Waals surface area contributed by atoms with E-state index in [4.69, 9.17) is 23.7 Å². The first-order chi connectivity index (χ1) is 15.5. The molecule has 0 aromatic rings. The highest BCUT2D eigenvalue weighted by atomic mass is 16.8. The third-order valence-corrected chi connectivity index (χ3v) is 6.05. The third kappa shape index (κ3) is 5.32. The third-order valence-electron chi connectivity index (χ3n) is 6.05. The minimum atomic E-state index is -1.88. The lowest BCUT2D eigenvalue weighted by molar-refractivity contribution is -0.382. The molecule has 0 bridgehead atoms. The van der Waals surface area contributed by atoms with E-state index < -0.39 is 105 Å². The summed E-state index contributed by atoms with van der Waals surface area (Å²) in [5, 5.41) is 99.8. The molecule has 0 saturated carbocycles. The lowest BCUT2D eigenvalue weighted by Gasteiger charge is -2.48. The Morgan fingerprint density at radius 3 is 1.64 bits per heavy atom. The predicted molar refractivity (Wildman–Crippen MR) is 99.8 cm³/mol. The fourth-order valence-corrected chi connectivity index (χ4v) is 3.99. The zero-order valence-electron chi connectivity index (χ0n) is 17.6. The van der Waals surface area contributed by atoms with Gasteiger partial charge >= 0.3 is 0 Å². The molecule has 0 spiro atoms. The number of ether oxygens (including phenoxy) is 5. The highest BCUT2D eigenvalue weighted by Gasteiger charge is 2.53. The Balaban J connectivity index is 1.83. The van der Waals surface area contributed by atoms with Gasteiger partial charge in [-0.3, -0.25) is 0 Å². The average Bonchev–Trinajstić information content (AvgIpc) is 2.80. The van der Waals surface area contributed by atoms with Crippen LogP contribution < -0.4 is 0 Å². The Labute approximate surface area is 187 Å². The second-order valence-corrected chi connectivity index (χ2v) is 8.32. The molecule has 15 nitrogen and oxygen atoms in total. The van der Waals surface area contributed by atoms with Crippen LogP contribution >= 0.6 is 0 Å². The lowest BCUT2D eigenvalue weighted by atomic mass is 9.96. The van der Waals surface area contributed by atoms with E-state index in [1.165, 1.54) is 6.92 Å². The van der Waals surface area contributed by atoms with Gasteiger partial charge in [-0.2, -0.15) is 0 Å². The van der Waals surface area contributed by atoms with Gasteiger partial charge in [0.05, 0.1) is 19.3 Å². The van der Waals surface area contributed by atoms with Gasteiger partial charge in [-0.15, -0.1) is 0 Å². The molecule has 0 unspecified atom stereocenters. The van der Waals surface area contributed by atoms with Gasteiger partial charge in [0.1, 0.15) is 67.1 Å². The van der Waals surface area contributed by atoms with Crippen molar-refractivity contribution in [3.05, 3.63) is 0 Å². The van der Waals surface area contributed by atoms with Gasteiger partial charge in [-0.25, -0.2) is 0 Å². The summed E-state index contributed by atoms with van der Waals surface area (Å²) in [7, 11) is 0. The van der Waals surface area contributed by atoms with E-state index in [0.29, 0.717) is 0 Å².